The van der Waals surface area contributed by atoms with Crippen LogP contribution in [-0.4, -0.2) is 14.3 Å². The third-order valence-electron chi connectivity index (χ3n) is 4.37. The maximum absolute atomic E-state index is 12.3. The van der Waals surface area contributed by atoms with Crippen LogP contribution in [0.2, 0.25) is 0 Å². The van der Waals surface area contributed by atoms with Crippen LogP contribution in [0, 0.1) is 5.92 Å². The molecule has 0 heterocycles. The monoisotopic (exact) mass is 374 g/mol. The van der Waals surface area contributed by atoms with Crippen molar-refractivity contribution in [1.29, 1.82) is 0 Å². The highest BCUT2D eigenvalue weighted by atomic mass is 32.2. The summed E-state index contributed by atoms with van der Waals surface area (Å²) < 4.78 is 22.9. The number of hydrogen-bond donors (Lipinski definition) is 2. The predicted molar refractivity (Wildman–Crippen MR) is 103 cm³/mol. The van der Waals surface area contributed by atoms with Crippen LogP contribution >= 0.6 is 0 Å². The lowest BCUT2D eigenvalue weighted by Crippen LogP contribution is -2.28. The Kier molecular flexibility index (Phi) is 6.94. The highest BCUT2D eigenvalue weighted by molar-refractivity contribution is 7.89. The number of benzene rings is 2. The number of nitrogens with one attached hydrogen (secondary N) is 1. The van der Waals surface area contributed by atoms with E-state index in [1.165, 1.54) is 17.7 Å². The molecule has 0 saturated carbocycles. The minimum atomic E-state index is -3.75. The number of primary sulfonamides is 1. The SMILES string of the molecule is CC(CCc1ccccc1)CC(=O)NC(C)c1cccc(S(N)(=O)=O)c1. The average molecular weight is 375 g/mol. The van der Waals surface area contributed by atoms with E-state index in [0.717, 1.165) is 12.8 Å². The average Bonchev–Trinajstić information content (AvgIpc) is 2.60. The van der Waals surface area contributed by atoms with Gasteiger partial charge in [0.25, 0.3) is 0 Å². The van der Waals surface area contributed by atoms with Gasteiger partial charge < -0.3 is 5.32 Å². The number of amides is 1. The van der Waals surface area contributed by atoms with Crippen LogP contribution in [0.5, 0.6) is 0 Å². The van der Waals surface area contributed by atoms with E-state index >= 15 is 0 Å². The molecular formula is C20H26N2O3S. The summed E-state index contributed by atoms with van der Waals surface area (Å²) in [4.78, 5) is 12.3. The van der Waals surface area contributed by atoms with Crippen LogP contribution in [0.4, 0.5) is 0 Å². The number of aryl methyl sites for hydroxylation is 1. The van der Waals surface area contributed by atoms with Gasteiger partial charge in [0.2, 0.25) is 15.9 Å². The molecule has 0 bridgehead atoms. The zero-order valence-corrected chi connectivity index (χ0v) is 16.0. The second-order valence-electron chi connectivity index (χ2n) is 6.74. The van der Waals surface area contributed by atoms with Crippen LogP contribution in [0.25, 0.3) is 0 Å². The molecule has 1 amide bonds. The van der Waals surface area contributed by atoms with Crippen molar-refractivity contribution in [1.82, 2.24) is 5.32 Å². The lowest BCUT2D eigenvalue weighted by atomic mass is 9.97. The van der Waals surface area contributed by atoms with Crippen molar-refractivity contribution in [2.45, 2.75) is 44.0 Å². The van der Waals surface area contributed by atoms with Gasteiger partial charge in [-0.05, 0) is 48.9 Å². The maximum Gasteiger partial charge on any atom is 0.238 e. The number of hydrogen-bond acceptors (Lipinski definition) is 3. The van der Waals surface area contributed by atoms with Crippen LogP contribution in [0.1, 0.15) is 43.9 Å². The van der Waals surface area contributed by atoms with Crippen LogP contribution in [-0.2, 0) is 21.2 Å². The molecule has 0 aliphatic carbocycles. The fourth-order valence-electron chi connectivity index (χ4n) is 2.82. The summed E-state index contributed by atoms with van der Waals surface area (Å²) >= 11 is 0. The third-order valence-corrected chi connectivity index (χ3v) is 5.28. The molecule has 0 spiro atoms. The number of rotatable bonds is 8. The summed E-state index contributed by atoms with van der Waals surface area (Å²) in [6.07, 6.45) is 2.32. The summed E-state index contributed by atoms with van der Waals surface area (Å²) in [6.45, 7) is 3.89. The number of sulfonamides is 1. The van der Waals surface area contributed by atoms with Crippen LogP contribution < -0.4 is 10.5 Å². The first-order valence-electron chi connectivity index (χ1n) is 8.71. The van der Waals surface area contributed by atoms with E-state index in [4.69, 9.17) is 5.14 Å². The first-order valence-corrected chi connectivity index (χ1v) is 10.3. The summed E-state index contributed by atoms with van der Waals surface area (Å²) in [6, 6.07) is 16.3. The van der Waals surface area contributed by atoms with E-state index in [0.29, 0.717) is 12.0 Å². The van der Waals surface area contributed by atoms with Crippen molar-refractivity contribution in [3.63, 3.8) is 0 Å². The van der Waals surface area contributed by atoms with E-state index in [1.54, 1.807) is 12.1 Å². The fraction of sp³-hybridized carbons (Fsp3) is 0.350. The van der Waals surface area contributed by atoms with Crippen LogP contribution in [0.15, 0.2) is 59.5 Å². The minimum Gasteiger partial charge on any atom is -0.350 e. The molecule has 0 saturated heterocycles. The summed E-state index contributed by atoms with van der Waals surface area (Å²) in [5, 5.41) is 8.09. The largest absolute Gasteiger partial charge is 0.350 e. The van der Waals surface area contributed by atoms with Crippen molar-refractivity contribution >= 4 is 15.9 Å². The van der Waals surface area contributed by atoms with E-state index in [2.05, 4.69) is 24.4 Å². The summed E-state index contributed by atoms with van der Waals surface area (Å²) in [5.41, 5.74) is 1.98. The van der Waals surface area contributed by atoms with Gasteiger partial charge in [0, 0.05) is 6.42 Å². The molecule has 0 radical (unpaired) electrons. The van der Waals surface area contributed by atoms with Gasteiger partial charge >= 0.3 is 0 Å². The number of nitrogens with two attached hydrogens (primary N) is 1. The maximum atomic E-state index is 12.3. The van der Waals surface area contributed by atoms with Crippen molar-refractivity contribution in [3.8, 4) is 0 Å². The second-order valence-corrected chi connectivity index (χ2v) is 8.30. The van der Waals surface area contributed by atoms with Gasteiger partial charge in [0.15, 0.2) is 0 Å². The first-order chi connectivity index (χ1) is 12.3. The van der Waals surface area contributed by atoms with E-state index < -0.39 is 10.0 Å². The standard InChI is InChI=1S/C20H26N2O3S/c1-15(11-12-17-7-4-3-5-8-17)13-20(23)22-16(2)18-9-6-10-19(14-18)26(21,24)25/h3-10,14-16H,11-13H2,1-2H3,(H,22,23)(H2,21,24,25). The normalized spacial score (nSPS) is 13.8. The molecule has 0 fully saturated rings. The molecule has 2 aromatic rings. The first kappa shape index (κ1) is 20.1. The Morgan fingerprint density at radius 3 is 2.42 bits per heavy atom. The quantitative estimate of drug-likeness (QED) is 0.744. The van der Waals surface area contributed by atoms with Gasteiger partial charge in [-0.15, -0.1) is 0 Å². The molecule has 140 valence electrons. The molecule has 6 heteroatoms. The lowest BCUT2D eigenvalue weighted by molar-refractivity contribution is -0.122. The topological polar surface area (TPSA) is 89.3 Å². The van der Waals surface area contributed by atoms with Crippen molar-refractivity contribution in [3.05, 3.63) is 65.7 Å². The van der Waals surface area contributed by atoms with E-state index in [1.807, 2.05) is 25.1 Å². The van der Waals surface area contributed by atoms with Crippen molar-refractivity contribution in [2.24, 2.45) is 11.1 Å². The molecule has 2 rings (SSSR count). The highest BCUT2D eigenvalue weighted by Gasteiger charge is 2.15. The summed E-state index contributed by atoms with van der Waals surface area (Å²) in [7, 11) is -3.75. The Morgan fingerprint density at radius 2 is 1.77 bits per heavy atom. The Labute approximate surface area is 155 Å². The molecule has 0 aromatic heterocycles. The van der Waals surface area contributed by atoms with E-state index in [-0.39, 0.29) is 22.8 Å². The van der Waals surface area contributed by atoms with Crippen molar-refractivity contribution < 1.29 is 13.2 Å². The molecule has 2 atom stereocenters. The number of carbonyl (C=O) groups is 1. The van der Waals surface area contributed by atoms with Gasteiger partial charge in [-0.25, -0.2) is 13.6 Å². The molecule has 2 aromatic carbocycles. The van der Waals surface area contributed by atoms with Gasteiger partial charge in [-0.3, -0.25) is 4.79 Å². The molecule has 0 aliphatic heterocycles. The zero-order chi connectivity index (χ0) is 19.2. The second kappa shape index (κ2) is 8.96. The van der Waals surface area contributed by atoms with Gasteiger partial charge in [0.1, 0.15) is 0 Å². The van der Waals surface area contributed by atoms with Crippen molar-refractivity contribution in [2.75, 3.05) is 0 Å². The Bertz CT molecular complexity index is 835. The predicted octanol–water partition coefficient (Wildman–Crippen LogP) is 3.17. The summed E-state index contributed by atoms with van der Waals surface area (Å²) in [5.74, 6) is 0.220. The molecule has 3 N–H and O–H groups in total. The lowest BCUT2D eigenvalue weighted by Gasteiger charge is -2.17. The van der Waals surface area contributed by atoms with Gasteiger partial charge in [-0.2, -0.15) is 0 Å². The molecule has 5 nitrogen and oxygen atoms in total. The van der Waals surface area contributed by atoms with Gasteiger partial charge in [0.05, 0.1) is 10.9 Å². The molecule has 0 aliphatic rings. The Balaban J connectivity index is 1.87. The molecule has 26 heavy (non-hydrogen) atoms. The van der Waals surface area contributed by atoms with E-state index in [9.17, 15) is 13.2 Å². The minimum absolute atomic E-state index is 0.0425. The zero-order valence-electron chi connectivity index (χ0n) is 15.2. The van der Waals surface area contributed by atoms with Gasteiger partial charge in [-0.1, -0.05) is 49.4 Å². The fourth-order valence-corrected chi connectivity index (χ4v) is 3.39. The highest BCUT2D eigenvalue weighted by Crippen LogP contribution is 2.18. The molecular weight excluding hydrogens is 348 g/mol. The Hall–Kier alpha value is -2.18. The van der Waals surface area contributed by atoms with Crippen LogP contribution in [0.3, 0.4) is 0 Å². The molecule has 2 unspecified atom stereocenters. The third kappa shape index (κ3) is 6.28. The smallest absolute Gasteiger partial charge is 0.238 e. The number of carbonyl (C=O) groups excluding carboxylic acids is 1. The Morgan fingerprint density at radius 1 is 1.08 bits per heavy atom.